The Kier molecular flexibility index (Phi) is 2.93. The van der Waals surface area contributed by atoms with Crippen LogP contribution in [0, 0.1) is 0 Å². The Bertz CT molecular complexity index is 563. The maximum Gasteiger partial charge on any atom is 0.256 e. The van der Waals surface area contributed by atoms with Crippen LogP contribution in [-0.2, 0) is 10.2 Å². The fourth-order valence-corrected chi connectivity index (χ4v) is 3.37. The molecule has 2 aliphatic rings. The number of fused-ring (bicyclic) bond motifs is 2. The van der Waals surface area contributed by atoms with E-state index < -0.39 is 5.41 Å². The van der Waals surface area contributed by atoms with E-state index in [4.69, 9.17) is 27.9 Å². The lowest BCUT2D eigenvalue weighted by Gasteiger charge is -2.37. The second-order valence-corrected chi connectivity index (χ2v) is 5.97. The third-order valence-corrected chi connectivity index (χ3v) is 4.62. The standard InChI is InChI=1S/C13H13Cl2NO3/c1-7-6-13(2-3-16(18)12(13)17)8-4-9(14)10(15)5-11(8)19-7/h4-5,7,18H,2-3,6H2,1H3. The van der Waals surface area contributed by atoms with Crippen molar-refractivity contribution in [2.75, 3.05) is 6.54 Å². The van der Waals surface area contributed by atoms with Gasteiger partial charge >= 0.3 is 0 Å². The van der Waals surface area contributed by atoms with Crippen molar-refractivity contribution in [3.63, 3.8) is 0 Å². The maximum atomic E-state index is 12.3. The van der Waals surface area contributed by atoms with Gasteiger partial charge in [-0.3, -0.25) is 10.0 Å². The molecule has 0 saturated carbocycles. The molecule has 0 aromatic heterocycles. The first-order valence-corrected chi connectivity index (χ1v) is 6.87. The number of carbonyl (C=O) groups excluding carboxylic acids is 1. The predicted molar refractivity (Wildman–Crippen MR) is 71.0 cm³/mol. The normalized spacial score (nSPS) is 29.6. The summed E-state index contributed by atoms with van der Waals surface area (Å²) in [6, 6.07) is 3.33. The fourth-order valence-electron chi connectivity index (χ4n) is 3.05. The van der Waals surface area contributed by atoms with Crippen LogP contribution in [-0.4, -0.2) is 28.8 Å². The molecule has 1 amide bonds. The lowest BCUT2D eigenvalue weighted by atomic mass is 9.73. The van der Waals surface area contributed by atoms with Crippen molar-refractivity contribution in [2.45, 2.75) is 31.3 Å². The third-order valence-electron chi connectivity index (χ3n) is 3.90. The van der Waals surface area contributed by atoms with Gasteiger partial charge in [0.25, 0.3) is 5.91 Å². The summed E-state index contributed by atoms with van der Waals surface area (Å²) >= 11 is 12.0. The van der Waals surface area contributed by atoms with Gasteiger partial charge in [-0.05, 0) is 19.4 Å². The van der Waals surface area contributed by atoms with Crippen LogP contribution in [0.2, 0.25) is 10.0 Å². The van der Waals surface area contributed by atoms with E-state index in [9.17, 15) is 10.0 Å². The molecule has 2 atom stereocenters. The summed E-state index contributed by atoms with van der Waals surface area (Å²) in [6.07, 6.45) is 0.981. The van der Waals surface area contributed by atoms with E-state index in [1.165, 1.54) is 0 Å². The Hall–Kier alpha value is -0.970. The van der Waals surface area contributed by atoms with E-state index in [-0.39, 0.29) is 12.0 Å². The van der Waals surface area contributed by atoms with E-state index in [1.54, 1.807) is 12.1 Å². The summed E-state index contributed by atoms with van der Waals surface area (Å²) in [5.41, 5.74) is -0.0164. The second-order valence-electron chi connectivity index (χ2n) is 5.16. The Morgan fingerprint density at radius 2 is 2.11 bits per heavy atom. The van der Waals surface area contributed by atoms with Gasteiger partial charge in [-0.25, -0.2) is 5.06 Å². The number of nitrogens with zero attached hydrogens (tertiary/aromatic N) is 1. The molecule has 1 N–H and O–H groups in total. The number of benzene rings is 1. The number of hydrogen-bond donors (Lipinski definition) is 1. The number of ether oxygens (including phenoxy) is 1. The lowest BCUT2D eigenvalue weighted by Crippen LogP contribution is -2.43. The average Bonchev–Trinajstić information content (AvgIpc) is 2.62. The van der Waals surface area contributed by atoms with Gasteiger partial charge in [-0.2, -0.15) is 0 Å². The quantitative estimate of drug-likeness (QED) is 0.749. The van der Waals surface area contributed by atoms with Crippen molar-refractivity contribution in [3.05, 3.63) is 27.7 Å². The number of hydrogen-bond acceptors (Lipinski definition) is 3. The zero-order valence-electron chi connectivity index (χ0n) is 10.3. The van der Waals surface area contributed by atoms with E-state index in [0.29, 0.717) is 35.2 Å². The van der Waals surface area contributed by atoms with Gasteiger partial charge in [0.05, 0.1) is 21.6 Å². The molecule has 2 heterocycles. The average molecular weight is 302 g/mol. The van der Waals surface area contributed by atoms with Crippen molar-refractivity contribution in [3.8, 4) is 5.75 Å². The highest BCUT2D eigenvalue weighted by atomic mass is 35.5. The Morgan fingerprint density at radius 3 is 2.74 bits per heavy atom. The minimum Gasteiger partial charge on any atom is -0.490 e. The third kappa shape index (κ3) is 1.82. The molecule has 4 nitrogen and oxygen atoms in total. The van der Waals surface area contributed by atoms with E-state index in [0.717, 1.165) is 10.6 Å². The molecule has 1 saturated heterocycles. The molecule has 1 fully saturated rings. The summed E-state index contributed by atoms with van der Waals surface area (Å²) in [5.74, 6) is 0.291. The molecule has 2 aliphatic heterocycles. The topological polar surface area (TPSA) is 49.8 Å². The van der Waals surface area contributed by atoms with Crippen LogP contribution in [0.5, 0.6) is 5.75 Å². The minimum absolute atomic E-state index is 0.111. The highest BCUT2D eigenvalue weighted by molar-refractivity contribution is 6.42. The predicted octanol–water partition coefficient (Wildman–Crippen LogP) is 3.02. The summed E-state index contributed by atoms with van der Waals surface area (Å²) in [4.78, 5) is 12.3. The molecule has 19 heavy (non-hydrogen) atoms. The molecule has 0 aliphatic carbocycles. The molecule has 6 heteroatoms. The van der Waals surface area contributed by atoms with Crippen molar-refractivity contribution < 1.29 is 14.7 Å². The minimum atomic E-state index is -0.740. The lowest BCUT2D eigenvalue weighted by molar-refractivity contribution is -0.162. The van der Waals surface area contributed by atoms with Crippen LogP contribution in [0.3, 0.4) is 0 Å². The number of hydroxylamine groups is 2. The molecule has 0 radical (unpaired) electrons. The van der Waals surface area contributed by atoms with Crippen molar-refractivity contribution >= 4 is 29.1 Å². The van der Waals surface area contributed by atoms with Crippen LogP contribution in [0.4, 0.5) is 0 Å². The van der Waals surface area contributed by atoms with Gasteiger partial charge < -0.3 is 4.74 Å². The first-order valence-electron chi connectivity index (χ1n) is 6.11. The summed E-state index contributed by atoms with van der Waals surface area (Å²) in [7, 11) is 0. The molecule has 1 spiro atoms. The summed E-state index contributed by atoms with van der Waals surface area (Å²) in [6.45, 7) is 2.23. The highest BCUT2D eigenvalue weighted by Gasteiger charge is 2.52. The van der Waals surface area contributed by atoms with Crippen molar-refractivity contribution in [2.24, 2.45) is 0 Å². The van der Waals surface area contributed by atoms with Crippen LogP contribution in [0.25, 0.3) is 0 Å². The van der Waals surface area contributed by atoms with E-state index in [1.807, 2.05) is 6.92 Å². The van der Waals surface area contributed by atoms with Crippen molar-refractivity contribution in [1.29, 1.82) is 0 Å². The Morgan fingerprint density at radius 1 is 1.42 bits per heavy atom. The van der Waals surface area contributed by atoms with E-state index >= 15 is 0 Å². The smallest absolute Gasteiger partial charge is 0.256 e. The van der Waals surface area contributed by atoms with Gasteiger partial charge in [0.1, 0.15) is 5.75 Å². The van der Waals surface area contributed by atoms with Crippen LogP contribution in [0.1, 0.15) is 25.3 Å². The first-order chi connectivity index (χ1) is 8.94. The number of halogens is 2. The molecule has 0 bridgehead atoms. The highest BCUT2D eigenvalue weighted by Crippen LogP contribution is 2.49. The monoisotopic (exact) mass is 301 g/mol. The number of amides is 1. The van der Waals surface area contributed by atoms with E-state index in [2.05, 4.69) is 0 Å². The second kappa shape index (κ2) is 4.27. The Balaban J connectivity index is 2.20. The van der Waals surface area contributed by atoms with Crippen molar-refractivity contribution in [1.82, 2.24) is 5.06 Å². The fraction of sp³-hybridized carbons (Fsp3) is 0.462. The van der Waals surface area contributed by atoms with Crippen LogP contribution < -0.4 is 4.74 Å². The molecule has 1 aromatic carbocycles. The molecule has 3 rings (SSSR count). The summed E-state index contributed by atoms with van der Waals surface area (Å²) < 4.78 is 5.74. The SMILES string of the molecule is CC1CC2(CCN(O)C2=O)c2cc(Cl)c(Cl)cc2O1. The number of rotatable bonds is 0. The largest absolute Gasteiger partial charge is 0.490 e. The molecule has 1 aromatic rings. The maximum absolute atomic E-state index is 12.3. The number of carbonyl (C=O) groups is 1. The molecular formula is C13H13Cl2NO3. The molecule has 2 unspecified atom stereocenters. The van der Waals surface area contributed by atoms with Gasteiger partial charge in [-0.15, -0.1) is 0 Å². The molecular weight excluding hydrogens is 289 g/mol. The van der Waals surface area contributed by atoms with Gasteiger partial charge in [0.2, 0.25) is 0 Å². The zero-order valence-corrected chi connectivity index (χ0v) is 11.8. The van der Waals surface area contributed by atoms with Gasteiger partial charge in [-0.1, -0.05) is 23.2 Å². The van der Waals surface area contributed by atoms with Crippen LogP contribution in [0.15, 0.2) is 12.1 Å². The summed E-state index contributed by atoms with van der Waals surface area (Å²) in [5, 5.41) is 11.2. The van der Waals surface area contributed by atoms with Gasteiger partial charge in [0, 0.05) is 24.6 Å². The van der Waals surface area contributed by atoms with Gasteiger partial charge in [0.15, 0.2) is 0 Å². The zero-order chi connectivity index (χ0) is 13.8. The Labute approximate surface area is 120 Å². The van der Waals surface area contributed by atoms with Crippen LogP contribution >= 0.6 is 23.2 Å². The first kappa shape index (κ1) is 13.0. The molecule has 102 valence electrons.